The number of ether oxygens (including phenoxy) is 3. The lowest BCUT2D eigenvalue weighted by atomic mass is 10.1. The van der Waals surface area contributed by atoms with E-state index in [9.17, 15) is 14.4 Å². The third kappa shape index (κ3) is 7.22. The Kier molecular flexibility index (Phi) is 9.86. The average molecular weight is 622 g/mol. The van der Waals surface area contributed by atoms with E-state index in [1.165, 1.54) is 13.2 Å². The quantitative estimate of drug-likeness (QED) is 0.241. The first-order chi connectivity index (χ1) is 19.2. The number of thioether (sulfide) groups is 1. The van der Waals surface area contributed by atoms with Crippen LogP contribution in [0.4, 0.5) is 10.5 Å². The Morgan fingerprint density at radius 1 is 0.975 bits per heavy atom. The lowest BCUT2D eigenvalue weighted by molar-refractivity contribution is -0.123. The highest BCUT2D eigenvalue weighted by Crippen LogP contribution is 2.39. The van der Waals surface area contributed by atoms with Crippen LogP contribution in [0.5, 0.6) is 17.2 Å². The van der Waals surface area contributed by atoms with Gasteiger partial charge in [-0.1, -0.05) is 53.0 Å². The summed E-state index contributed by atoms with van der Waals surface area (Å²) in [5.41, 5.74) is 1.92. The van der Waals surface area contributed by atoms with Gasteiger partial charge in [0.25, 0.3) is 17.1 Å². The molecule has 1 saturated heterocycles. The SMILES string of the molecule is COc1cc(/C=C2\SC(=O)N(CCOc3ccccc3Cl)C2=O)cc(Cl)c1OCC(=O)Nc1ccc(C)c(Cl)c1. The molecule has 1 aliphatic rings. The fourth-order valence-corrected chi connectivity index (χ4v) is 5.13. The van der Waals surface area contributed by atoms with Crippen LogP contribution in [0.25, 0.3) is 6.08 Å². The smallest absolute Gasteiger partial charge is 0.293 e. The molecule has 3 amide bonds. The monoisotopic (exact) mass is 620 g/mol. The third-order valence-electron chi connectivity index (χ3n) is 5.64. The van der Waals surface area contributed by atoms with Gasteiger partial charge in [0.15, 0.2) is 18.1 Å². The first kappa shape index (κ1) is 29.6. The van der Waals surface area contributed by atoms with Gasteiger partial charge in [-0.25, -0.2) is 0 Å². The minimum absolute atomic E-state index is 0.0565. The number of amides is 3. The number of rotatable bonds is 10. The van der Waals surface area contributed by atoms with Gasteiger partial charge < -0.3 is 19.5 Å². The Hall–Kier alpha value is -3.37. The molecule has 1 N–H and O–H groups in total. The van der Waals surface area contributed by atoms with Crippen LogP contribution in [0, 0.1) is 6.92 Å². The molecule has 0 aromatic heterocycles. The largest absolute Gasteiger partial charge is 0.493 e. The number of anilines is 1. The van der Waals surface area contributed by atoms with Gasteiger partial charge >= 0.3 is 0 Å². The number of aryl methyl sites for hydroxylation is 1. The zero-order valence-corrected chi connectivity index (χ0v) is 24.4. The number of hydrogen-bond acceptors (Lipinski definition) is 7. The van der Waals surface area contributed by atoms with Crippen LogP contribution in [-0.4, -0.2) is 48.8 Å². The van der Waals surface area contributed by atoms with Crippen LogP contribution in [0.15, 0.2) is 59.5 Å². The van der Waals surface area contributed by atoms with E-state index < -0.39 is 17.1 Å². The maximum absolute atomic E-state index is 12.9. The predicted octanol–water partition coefficient (Wildman–Crippen LogP) is 7.10. The maximum Gasteiger partial charge on any atom is 0.293 e. The first-order valence-corrected chi connectivity index (χ1v) is 13.8. The van der Waals surface area contributed by atoms with E-state index in [2.05, 4.69) is 5.32 Å². The zero-order valence-electron chi connectivity index (χ0n) is 21.3. The highest BCUT2D eigenvalue weighted by atomic mass is 35.5. The molecule has 0 aliphatic carbocycles. The Morgan fingerprint density at radius 2 is 1.75 bits per heavy atom. The second kappa shape index (κ2) is 13.3. The van der Waals surface area contributed by atoms with Crippen molar-refractivity contribution in [1.82, 2.24) is 4.90 Å². The summed E-state index contributed by atoms with van der Waals surface area (Å²) < 4.78 is 16.6. The Balaban J connectivity index is 1.40. The van der Waals surface area contributed by atoms with Gasteiger partial charge in [0.1, 0.15) is 12.4 Å². The molecular formula is C28H23Cl3N2O6S. The number of nitrogens with one attached hydrogen (secondary N) is 1. The van der Waals surface area contributed by atoms with Gasteiger partial charge in [0, 0.05) is 10.7 Å². The number of imide groups is 1. The van der Waals surface area contributed by atoms with E-state index in [-0.39, 0.29) is 41.2 Å². The third-order valence-corrected chi connectivity index (χ3v) is 7.54. The minimum Gasteiger partial charge on any atom is -0.493 e. The Bertz CT molecular complexity index is 1500. The van der Waals surface area contributed by atoms with Gasteiger partial charge in [-0.15, -0.1) is 0 Å². The molecule has 12 heteroatoms. The van der Waals surface area contributed by atoms with E-state index >= 15 is 0 Å². The number of benzene rings is 3. The van der Waals surface area contributed by atoms with Gasteiger partial charge in [0.05, 0.1) is 28.6 Å². The number of methoxy groups -OCH3 is 1. The van der Waals surface area contributed by atoms with Crippen LogP contribution in [0.1, 0.15) is 11.1 Å². The summed E-state index contributed by atoms with van der Waals surface area (Å²) in [7, 11) is 1.42. The fourth-order valence-electron chi connectivity index (χ4n) is 3.62. The van der Waals surface area contributed by atoms with Crippen molar-refractivity contribution in [2.24, 2.45) is 0 Å². The van der Waals surface area contributed by atoms with Crippen molar-refractivity contribution in [1.29, 1.82) is 0 Å². The Labute approximate surface area is 250 Å². The van der Waals surface area contributed by atoms with E-state index in [4.69, 9.17) is 49.0 Å². The first-order valence-electron chi connectivity index (χ1n) is 11.8. The molecule has 0 atom stereocenters. The summed E-state index contributed by atoms with van der Waals surface area (Å²) in [5.74, 6) is -0.0105. The normalized spacial score (nSPS) is 14.0. The van der Waals surface area contributed by atoms with E-state index in [1.807, 2.05) is 6.92 Å². The summed E-state index contributed by atoms with van der Waals surface area (Å²) >= 11 is 19.4. The average Bonchev–Trinajstić information content (AvgIpc) is 3.18. The Morgan fingerprint density at radius 3 is 2.48 bits per heavy atom. The van der Waals surface area contributed by atoms with Crippen LogP contribution in [0.3, 0.4) is 0 Å². The molecule has 0 radical (unpaired) electrons. The van der Waals surface area contributed by atoms with Crippen molar-refractivity contribution in [2.75, 3.05) is 32.2 Å². The van der Waals surface area contributed by atoms with Crippen LogP contribution in [0.2, 0.25) is 15.1 Å². The molecule has 8 nitrogen and oxygen atoms in total. The van der Waals surface area contributed by atoms with Crippen LogP contribution < -0.4 is 19.5 Å². The van der Waals surface area contributed by atoms with E-state index in [1.54, 1.807) is 54.6 Å². The molecule has 1 heterocycles. The standard InChI is InChI=1S/C28H23Cl3N2O6S/c1-16-7-8-18(14-20(16)30)32-25(34)15-39-26-21(31)11-17(12-23(26)37-2)13-24-27(35)33(28(36)40-24)9-10-38-22-6-4-3-5-19(22)29/h3-8,11-14H,9-10,15H2,1-2H3,(H,32,34)/b24-13-. The van der Waals surface area contributed by atoms with Crippen molar-refractivity contribution < 1.29 is 28.6 Å². The summed E-state index contributed by atoms with van der Waals surface area (Å²) in [6.07, 6.45) is 1.53. The fraction of sp³-hybridized carbons (Fsp3) is 0.179. The molecule has 0 spiro atoms. The van der Waals surface area contributed by atoms with Crippen molar-refractivity contribution >= 4 is 75.4 Å². The number of carbonyl (C=O) groups is 3. The van der Waals surface area contributed by atoms with Gasteiger partial charge in [-0.05, 0) is 72.3 Å². The molecule has 40 heavy (non-hydrogen) atoms. The highest BCUT2D eigenvalue weighted by molar-refractivity contribution is 8.18. The molecule has 208 valence electrons. The van der Waals surface area contributed by atoms with Gasteiger partial charge in [0.2, 0.25) is 0 Å². The topological polar surface area (TPSA) is 94.2 Å². The van der Waals surface area contributed by atoms with E-state index in [0.29, 0.717) is 27.0 Å². The predicted molar refractivity (Wildman–Crippen MR) is 158 cm³/mol. The molecular weight excluding hydrogens is 599 g/mol. The summed E-state index contributed by atoms with van der Waals surface area (Å²) in [5, 5.41) is 3.41. The van der Waals surface area contributed by atoms with Crippen molar-refractivity contribution in [3.63, 3.8) is 0 Å². The van der Waals surface area contributed by atoms with E-state index in [0.717, 1.165) is 22.2 Å². The van der Waals surface area contributed by atoms with Crippen LogP contribution >= 0.6 is 46.6 Å². The molecule has 3 aromatic carbocycles. The summed E-state index contributed by atoms with van der Waals surface area (Å²) in [6, 6.07) is 15.2. The molecule has 4 rings (SSSR count). The number of para-hydroxylation sites is 1. The van der Waals surface area contributed by atoms with Crippen molar-refractivity contribution in [2.45, 2.75) is 6.92 Å². The van der Waals surface area contributed by atoms with Gasteiger partial charge in [-0.3, -0.25) is 19.3 Å². The number of hydrogen-bond donors (Lipinski definition) is 1. The molecule has 0 unspecified atom stereocenters. The zero-order chi connectivity index (χ0) is 28.8. The second-order valence-electron chi connectivity index (χ2n) is 8.45. The van der Waals surface area contributed by atoms with Crippen LogP contribution in [-0.2, 0) is 9.59 Å². The van der Waals surface area contributed by atoms with Gasteiger partial charge in [-0.2, -0.15) is 0 Å². The summed E-state index contributed by atoms with van der Waals surface area (Å²) in [6.45, 7) is 1.67. The maximum atomic E-state index is 12.9. The van der Waals surface area contributed by atoms with Crippen molar-refractivity contribution in [3.8, 4) is 17.2 Å². The second-order valence-corrected chi connectivity index (χ2v) is 10.7. The number of nitrogens with zero attached hydrogens (tertiary/aromatic N) is 1. The number of halogens is 3. The molecule has 0 bridgehead atoms. The highest BCUT2D eigenvalue weighted by Gasteiger charge is 2.35. The lowest BCUT2D eigenvalue weighted by Crippen LogP contribution is -2.32. The molecule has 3 aromatic rings. The minimum atomic E-state index is -0.457. The molecule has 0 saturated carbocycles. The lowest BCUT2D eigenvalue weighted by Gasteiger charge is -2.14. The van der Waals surface area contributed by atoms with Crippen molar-refractivity contribution in [3.05, 3.63) is 85.7 Å². The molecule has 1 fully saturated rings. The molecule has 1 aliphatic heterocycles. The summed E-state index contributed by atoms with van der Waals surface area (Å²) in [4.78, 5) is 39.1. The number of carbonyl (C=O) groups excluding carboxylic acids is 3.